The van der Waals surface area contributed by atoms with Gasteiger partial charge in [0.15, 0.2) is 0 Å². The Morgan fingerprint density at radius 1 is 1.12 bits per heavy atom. The fraction of sp³-hybridized carbons (Fsp3) is 0.211. The lowest BCUT2D eigenvalue weighted by atomic mass is 10.0. The first-order valence-electron chi connectivity index (χ1n) is 8.08. The van der Waals surface area contributed by atoms with E-state index in [1.54, 1.807) is 30.5 Å². The summed E-state index contributed by atoms with van der Waals surface area (Å²) in [5.41, 5.74) is 5.00. The second kappa shape index (κ2) is 6.93. The summed E-state index contributed by atoms with van der Waals surface area (Å²) in [6, 6.07) is 10.5. The number of hydrogen-bond acceptors (Lipinski definition) is 4. The topological polar surface area (TPSA) is 102 Å². The quantitative estimate of drug-likeness (QED) is 0.718. The molecule has 3 rings (SSSR count). The van der Waals surface area contributed by atoms with Crippen LogP contribution in [0.15, 0.2) is 47.1 Å². The van der Waals surface area contributed by atoms with Crippen molar-refractivity contribution in [2.75, 3.05) is 5.32 Å². The lowest BCUT2D eigenvalue weighted by Gasteiger charge is -2.06. The van der Waals surface area contributed by atoms with Crippen LogP contribution >= 0.6 is 0 Å². The molecule has 0 saturated heterocycles. The number of amides is 1. The van der Waals surface area contributed by atoms with E-state index in [0.29, 0.717) is 11.3 Å². The number of rotatable bonds is 5. The van der Waals surface area contributed by atoms with E-state index < -0.39 is 10.0 Å². The molecular weight excluding hydrogens is 352 g/mol. The zero-order valence-corrected chi connectivity index (χ0v) is 15.4. The largest absolute Gasteiger partial charge is 0.464 e. The molecule has 26 heavy (non-hydrogen) atoms. The molecule has 3 aromatic rings. The van der Waals surface area contributed by atoms with Gasteiger partial charge in [0.25, 0.3) is 0 Å². The van der Waals surface area contributed by atoms with Crippen molar-refractivity contribution in [2.45, 2.75) is 26.0 Å². The minimum Gasteiger partial charge on any atom is -0.464 e. The number of carbonyl (C=O) groups is 1. The molecule has 0 spiro atoms. The molecule has 7 heteroatoms. The Morgan fingerprint density at radius 2 is 1.81 bits per heavy atom. The molecule has 0 unspecified atom stereocenters. The Kier molecular flexibility index (Phi) is 4.84. The van der Waals surface area contributed by atoms with E-state index in [-0.39, 0.29) is 18.1 Å². The minimum absolute atomic E-state index is 0.176. The van der Waals surface area contributed by atoms with E-state index in [2.05, 4.69) is 5.32 Å². The fourth-order valence-electron chi connectivity index (χ4n) is 2.82. The number of anilines is 1. The molecule has 1 amide bonds. The van der Waals surface area contributed by atoms with Crippen LogP contribution in [0.5, 0.6) is 0 Å². The molecule has 0 radical (unpaired) electrons. The van der Waals surface area contributed by atoms with E-state index in [9.17, 15) is 13.2 Å². The van der Waals surface area contributed by atoms with Crippen LogP contribution in [-0.4, -0.2) is 14.3 Å². The van der Waals surface area contributed by atoms with Crippen LogP contribution in [0.3, 0.4) is 0 Å². The van der Waals surface area contributed by atoms with Crippen molar-refractivity contribution in [2.24, 2.45) is 5.14 Å². The van der Waals surface area contributed by atoms with E-state index >= 15 is 0 Å². The number of furan rings is 1. The highest BCUT2D eigenvalue weighted by molar-refractivity contribution is 7.88. The number of fused-ring (bicyclic) bond motifs is 1. The third-order valence-corrected chi connectivity index (χ3v) is 5.03. The Hall–Kier alpha value is -2.64. The van der Waals surface area contributed by atoms with E-state index in [4.69, 9.17) is 9.56 Å². The summed E-state index contributed by atoms with van der Waals surface area (Å²) in [5.74, 6) is -0.411. The lowest BCUT2D eigenvalue weighted by Crippen LogP contribution is -2.15. The Balaban J connectivity index is 1.70. The molecule has 0 aliphatic rings. The second-order valence-electron chi connectivity index (χ2n) is 6.37. The zero-order chi connectivity index (χ0) is 18.9. The maximum absolute atomic E-state index is 12.3. The molecule has 0 fully saturated rings. The van der Waals surface area contributed by atoms with Gasteiger partial charge >= 0.3 is 0 Å². The molecule has 0 atom stereocenters. The minimum atomic E-state index is -3.57. The van der Waals surface area contributed by atoms with Crippen LogP contribution in [0.1, 0.15) is 22.3 Å². The lowest BCUT2D eigenvalue weighted by molar-refractivity contribution is -0.115. The molecule has 3 N–H and O–H groups in total. The summed E-state index contributed by atoms with van der Waals surface area (Å²) in [7, 11) is -3.57. The molecule has 0 saturated carbocycles. The summed E-state index contributed by atoms with van der Waals surface area (Å²) in [6.07, 6.45) is 1.81. The summed E-state index contributed by atoms with van der Waals surface area (Å²) >= 11 is 0. The first-order valence-corrected chi connectivity index (χ1v) is 9.80. The van der Waals surface area contributed by atoms with Crippen LogP contribution in [-0.2, 0) is 27.0 Å². The van der Waals surface area contributed by atoms with E-state index in [1.165, 1.54) is 0 Å². The van der Waals surface area contributed by atoms with Gasteiger partial charge in [-0.2, -0.15) is 0 Å². The molecule has 136 valence electrons. The molecule has 6 nitrogen and oxygen atoms in total. The predicted molar refractivity (Wildman–Crippen MR) is 101 cm³/mol. The van der Waals surface area contributed by atoms with Crippen molar-refractivity contribution in [1.29, 1.82) is 0 Å². The number of hydrogen-bond donors (Lipinski definition) is 2. The van der Waals surface area contributed by atoms with Crippen LogP contribution in [0.2, 0.25) is 0 Å². The number of primary sulfonamides is 1. The smallest absolute Gasteiger partial charge is 0.228 e. The monoisotopic (exact) mass is 372 g/mol. The van der Waals surface area contributed by atoms with Gasteiger partial charge in [-0.15, -0.1) is 0 Å². The third-order valence-electron chi connectivity index (χ3n) is 4.30. The average Bonchev–Trinajstić information content (AvgIpc) is 2.95. The van der Waals surface area contributed by atoms with Crippen molar-refractivity contribution in [1.82, 2.24) is 0 Å². The van der Waals surface area contributed by atoms with Crippen LogP contribution in [0, 0.1) is 13.8 Å². The maximum Gasteiger partial charge on any atom is 0.228 e. The fourth-order valence-corrected chi connectivity index (χ4v) is 3.48. The summed E-state index contributed by atoms with van der Waals surface area (Å²) in [5, 5.41) is 8.76. The number of benzene rings is 2. The van der Waals surface area contributed by atoms with Gasteiger partial charge in [0.1, 0.15) is 5.58 Å². The summed E-state index contributed by atoms with van der Waals surface area (Å²) < 4.78 is 27.8. The number of nitrogens with one attached hydrogen (secondary N) is 1. The standard InChI is InChI=1S/C19H20N2O4S/c1-12-3-8-17-15(10-25-19(17)13(12)2)9-18(22)21-16-6-4-14(5-7-16)11-26(20,23)24/h3-8,10H,9,11H2,1-2H3,(H,21,22)(H2,20,23,24). The maximum atomic E-state index is 12.3. The van der Waals surface area contributed by atoms with Crippen molar-refractivity contribution < 1.29 is 17.6 Å². The number of nitrogens with two attached hydrogens (primary N) is 1. The van der Waals surface area contributed by atoms with Gasteiger partial charge in [-0.1, -0.05) is 24.3 Å². The Bertz CT molecular complexity index is 1070. The van der Waals surface area contributed by atoms with Gasteiger partial charge in [-0.25, -0.2) is 13.6 Å². The van der Waals surface area contributed by atoms with Gasteiger partial charge in [-0.05, 0) is 42.7 Å². The van der Waals surface area contributed by atoms with Crippen molar-refractivity contribution in [3.8, 4) is 0 Å². The van der Waals surface area contributed by atoms with Crippen molar-refractivity contribution in [3.05, 3.63) is 64.9 Å². The molecule has 0 aliphatic carbocycles. The molecule has 2 aromatic carbocycles. The first-order chi connectivity index (χ1) is 12.2. The highest BCUT2D eigenvalue weighted by Crippen LogP contribution is 2.27. The molecule has 1 heterocycles. The average molecular weight is 372 g/mol. The first kappa shape index (κ1) is 18.2. The van der Waals surface area contributed by atoms with Gasteiger partial charge < -0.3 is 9.73 Å². The summed E-state index contributed by atoms with van der Waals surface area (Å²) in [4.78, 5) is 12.3. The summed E-state index contributed by atoms with van der Waals surface area (Å²) in [6.45, 7) is 4.01. The highest BCUT2D eigenvalue weighted by atomic mass is 32.2. The Morgan fingerprint density at radius 3 is 2.46 bits per heavy atom. The molecule has 0 bridgehead atoms. The van der Waals surface area contributed by atoms with Crippen LogP contribution < -0.4 is 10.5 Å². The number of sulfonamides is 1. The van der Waals surface area contributed by atoms with Crippen molar-refractivity contribution in [3.63, 3.8) is 0 Å². The second-order valence-corrected chi connectivity index (χ2v) is 7.99. The van der Waals surface area contributed by atoms with E-state index in [1.807, 2.05) is 26.0 Å². The zero-order valence-electron chi connectivity index (χ0n) is 14.6. The van der Waals surface area contributed by atoms with E-state index in [0.717, 1.165) is 27.7 Å². The number of aryl methyl sites for hydroxylation is 2. The number of carbonyl (C=O) groups excluding carboxylic acids is 1. The van der Waals surface area contributed by atoms with Gasteiger partial charge in [0, 0.05) is 16.6 Å². The van der Waals surface area contributed by atoms with Gasteiger partial charge in [0.2, 0.25) is 15.9 Å². The van der Waals surface area contributed by atoms with Gasteiger partial charge in [0.05, 0.1) is 18.4 Å². The molecule has 1 aromatic heterocycles. The SMILES string of the molecule is Cc1ccc2c(CC(=O)Nc3ccc(CS(N)(=O)=O)cc3)coc2c1C. The van der Waals surface area contributed by atoms with Crippen LogP contribution in [0.25, 0.3) is 11.0 Å². The molecular formula is C19H20N2O4S. The third kappa shape index (κ3) is 4.12. The van der Waals surface area contributed by atoms with Crippen LogP contribution in [0.4, 0.5) is 5.69 Å². The Labute approximate surface area is 152 Å². The normalized spacial score (nSPS) is 11.7. The molecule has 0 aliphatic heterocycles. The predicted octanol–water partition coefficient (Wildman–Crippen LogP) is 3.02. The van der Waals surface area contributed by atoms with Crippen molar-refractivity contribution >= 4 is 32.6 Å². The highest BCUT2D eigenvalue weighted by Gasteiger charge is 2.13. The van der Waals surface area contributed by atoms with Gasteiger partial charge in [-0.3, -0.25) is 4.79 Å².